The Balaban J connectivity index is 2.56. The van der Waals surface area contributed by atoms with Crippen LogP contribution in [0.3, 0.4) is 0 Å². The van der Waals surface area contributed by atoms with Gasteiger partial charge in [-0.3, -0.25) is 4.31 Å². The summed E-state index contributed by atoms with van der Waals surface area (Å²) in [5, 5.41) is -0.0104. The van der Waals surface area contributed by atoms with Crippen LogP contribution in [-0.4, -0.2) is 30.1 Å². The number of nitrogens with zero attached hydrogens (tertiary/aromatic N) is 1. The van der Waals surface area contributed by atoms with Gasteiger partial charge in [0.1, 0.15) is 0 Å². The molecular weight excluding hydrogens is 346 g/mol. The number of hydrogen-bond acceptors (Lipinski definition) is 4. The molecule has 118 valence electrons. The lowest BCUT2D eigenvalue weighted by molar-refractivity contribution is 0.594. The third kappa shape index (κ3) is 3.26. The number of halogens is 1. The Labute approximate surface area is 135 Å². The Hall–Kier alpha value is -1.57. The van der Waals surface area contributed by atoms with E-state index in [1.54, 1.807) is 30.3 Å². The lowest BCUT2D eigenvalue weighted by Gasteiger charge is -2.20. The van der Waals surface area contributed by atoms with Gasteiger partial charge in [-0.15, -0.1) is 0 Å². The summed E-state index contributed by atoms with van der Waals surface area (Å²) in [6.07, 6.45) is 0.978. The maximum Gasteiger partial charge on any atom is 0.264 e. The quantitative estimate of drug-likeness (QED) is 0.841. The Morgan fingerprint density at radius 2 is 1.55 bits per heavy atom. The molecule has 0 saturated heterocycles. The van der Waals surface area contributed by atoms with Crippen molar-refractivity contribution in [3.05, 3.63) is 53.6 Å². The highest BCUT2D eigenvalue weighted by Gasteiger charge is 2.24. The molecule has 0 amide bonds. The lowest BCUT2D eigenvalue weighted by Crippen LogP contribution is -2.26. The van der Waals surface area contributed by atoms with Gasteiger partial charge < -0.3 is 0 Å². The van der Waals surface area contributed by atoms with Crippen molar-refractivity contribution in [1.82, 2.24) is 0 Å². The second kappa shape index (κ2) is 5.91. The predicted molar refractivity (Wildman–Crippen MR) is 86.6 cm³/mol. The molecule has 2 aromatic rings. The van der Waals surface area contributed by atoms with Crippen LogP contribution >= 0.6 is 11.6 Å². The molecule has 0 aliphatic rings. The van der Waals surface area contributed by atoms with Crippen molar-refractivity contribution >= 4 is 37.1 Å². The molecule has 0 bridgehead atoms. The summed E-state index contributed by atoms with van der Waals surface area (Å²) in [5.74, 6) is 0. The van der Waals surface area contributed by atoms with Crippen molar-refractivity contribution < 1.29 is 16.8 Å². The number of anilines is 1. The molecule has 0 aromatic heterocycles. The summed E-state index contributed by atoms with van der Waals surface area (Å²) in [5.41, 5.74) is 0.471. The Kier molecular flexibility index (Phi) is 4.51. The van der Waals surface area contributed by atoms with Crippen LogP contribution in [0.4, 0.5) is 5.69 Å². The molecule has 22 heavy (non-hydrogen) atoms. The van der Waals surface area contributed by atoms with Gasteiger partial charge in [-0.25, -0.2) is 16.8 Å². The maximum absolute atomic E-state index is 12.6. The topological polar surface area (TPSA) is 71.5 Å². The standard InChI is InChI=1S/C14H14ClNO4S2/c1-16(11-6-4-3-5-7-11)22(19,20)12-8-9-13(15)14(10-12)21(2,17)18/h3-10H,1-2H3. The fraction of sp³-hybridized carbons (Fsp3) is 0.143. The highest BCUT2D eigenvalue weighted by molar-refractivity contribution is 7.93. The lowest BCUT2D eigenvalue weighted by atomic mass is 10.3. The molecule has 0 saturated carbocycles. The summed E-state index contributed by atoms with van der Waals surface area (Å²) in [6.45, 7) is 0. The normalized spacial score (nSPS) is 12.1. The molecule has 5 nitrogen and oxygen atoms in total. The van der Waals surface area contributed by atoms with Crippen molar-refractivity contribution in [2.45, 2.75) is 9.79 Å². The molecule has 8 heteroatoms. The van der Waals surface area contributed by atoms with Gasteiger partial charge >= 0.3 is 0 Å². The van der Waals surface area contributed by atoms with Gasteiger partial charge in [-0.1, -0.05) is 29.8 Å². The van der Waals surface area contributed by atoms with E-state index in [4.69, 9.17) is 11.6 Å². The molecule has 0 spiro atoms. The molecule has 0 fully saturated rings. The van der Waals surface area contributed by atoms with Gasteiger partial charge in [-0.05, 0) is 30.3 Å². The second-order valence-corrected chi connectivity index (χ2v) is 9.03. The molecular formula is C14H14ClNO4S2. The average Bonchev–Trinajstić information content (AvgIpc) is 2.46. The number of benzene rings is 2. The smallest absolute Gasteiger partial charge is 0.264 e. The Bertz CT molecular complexity index is 894. The van der Waals surface area contributed by atoms with Gasteiger partial charge in [-0.2, -0.15) is 0 Å². The van der Waals surface area contributed by atoms with Gasteiger partial charge in [0, 0.05) is 13.3 Å². The predicted octanol–water partition coefficient (Wildman–Crippen LogP) is 2.57. The molecule has 0 radical (unpaired) electrons. The third-order valence-electron chi connectivity index (χ3n) is 3.08. The first-order valence-corrected chi connectivity index (χ1v) is 9.88. The van der Waals surface area contributed by atoms with Crippen molar-refractivity contribution in [1.29, 1.82) is 0 Å². The number of hydrogen-bond donors (Lipinski definition) is 0. The van der Waals surface area contributed by atoms with Crippen LogP contribution in [0.15, 0.2) is 58.3 Å². The molecule has 0 N–H and O–H groups in total. The van der Waals surface area contributed by atoms with E-state index in [2.05, 4.69) is 0 Å². The van der Waals surface area contributed by atoms with Gasteiger partial charge in [0.25, 0.3) is 10.0 Å². The van der Waals surface area contributed by atoms with Crippen LogP contribution in [0, 0.1) is 0 Å². The minimum Gasteiger partial charge on any atom is -0.269 e. The van der Waals surface area contributed by atoms with Crippen molar-refractivity contribution in [3.63, 3.8) is 0 Å². The first-order valence-electron chi connectivity index (χ1n) is 6.17. The summed E-state index contributed by atoms with van der Waals surface area (Å²) in [6, 6.07) is 12.1. The zero-order chi connectivity index (χ0) is 16.5. The van der Waals surface area contributed by atoms with E-state index in [0.717, 1.165) is 16.6 Å². The SMILES string of the molecule is CN(c1ccccc1)S(=O)(=O)c1ccc(Cl)c(S(C)(=O)=O)c1. The van der Waals surface area contributed by atoms with E-state index in [9.17, 15) is 16.8 Å². The summed E-state index contributed by atoms with van der Waals surface area (Å²) < 4.78 is 49.7. The monoisotopic (exact) mass is 359 g/mol. The van der Waals surface area contributed by atoms with E-state index >= 15 is 0 Å². The summed E-state index contributed by atoms with van der Waals surface area (Å²) >= 11 is 5.84. The number of para-hydroxylation sites is 1. The van der Waals surface area contributed by atoms with Crippen LogP contribution in [0.1, 0.15) is 0 Å². The molecule has 2 rings (SSSR count). The van der Waals surface area contributed by atoms with Gasteiger partial charge in [0.2, 0.25) is 0 Å². The van der Waals surface area contributed by atoms with E-state index in [-0.39, 0.29) is 14.8 Å². The van der Waals surface area contributed by atoms with E-state index in [0.29, 0.717) is 5.69 Å². The first-order chi connectivity index (χ1) is 10.1. The molecule has 0 aliphatic heterocycles. The highest BCUT2D eigenvalue weighted by Crippen LogP contribution is 2.27. The minimum atomic E-state index is -3.88. The van der Waals surface area contributed by atoms with Gasteiger partial charge in [0.15, 0.2) is 9.84 Å². The van der Waals surface area contributed by atoms with E-state index in [1.165, 1.54) is 19.2 Å². The van der Waals surface area contributed by atoms with Crippen LogP contribution in [0.2, 0.25) is 5.02 Å². The fourth-order valence-electron chi connectivity index (χ4n) is 1.86. The van der Waals surface area contributed by atoms with Crippen LogP contribution in [-0.2, 0) is 19.9 Å². The number of rotatable bonds is 4. The maximum atomic E-state index is 12.6. The molecule has 0 heterocycles. The fourth-order valence-corrected chi connectivity index (χ4v) is 4.46. The van der Waals surface area contributed by atoms with Crippen molar-refractivity contribution in [2.24, 2.45) is 0 Å². The largest absolute Gasteiger partial charge is 0.269 e. The highest BCUT2D eigenvalue weighted by atomic mass is 35.5. The second-order valence-electron chi connectivity index (χ2n) is 4.67. The average molecular weight is 360 g/mol. The van der Waals surface area contributed by atoms with E-state index in [1.807, 2.05) is 0 Å². The van der Waals surface area contributed by atoms with Crippen molar-refractivity contribution in [2.75, 3.05) is 17.6 Å². The molecule has 0 unspecified atom stereocenters. The Morgan fingerprint density at radius 1 is 0.955 bits per heavy atom. The van der Waals surface area contributed by atoms with Crippen LogP contribution < -0.4 is 4.31 Å². The summed E-state index contributed by atoms with van der Waals surface area (Å²) in [4.78, 5) is -0.347. The van der Waals surface area contributed by atoms with Crippen molar-refractivity contribution in [3.8, 4) is 0 Å². The molecule has 0 aliphatic carbocycles. The Morgan fingerprint density at radius 3 is 2.09 bits per heavy atom. The zero-order valence-electron chi connectivity index (χ0n) is 11.9. The molecule has 2 aromatic carbocycles. The minimum absolute atomic E-state index is 0.0104. The first kappa shape index (κ1) is 16.8. The van der Waals surface area contributed by atoms with Crippen LogP contribution in [0.5, 0.6) is 0 Å². The van der Waals surface area contributed by atoms with E-state index < -0.39 is 19.9 Å². The number of sulfone groups is 1. The third-order valence-corrected chi connectivity index (χ3v) is 6.44. The van der Waals surface area contributed by atoms with Gasteiger partial charge in [0.05, 0.1) is 20.5 Å². The molecule has 0 atom stereocenters. The zero-order valence-corrected chi connectivity index (χ0v) is 14.3. The summed E-state index contributed by atoms with van der Waals surface area (Å²) in [7, 11) is -6.10. The number of sulfonamides is 1. The van der Waals surface area contributed by atoms with Crippen LogP contribution in [0.25, 0.3) is 0 Å².